The summed E-state index contributed by atoms with van der Waals surface area (Å²) in [6, 6.07) is 13.9. The number of hydrogen-bond donors (Lipinski definition) is 4. The van der Waals surface area contributed by atoms with E-state index in [9.17, 15) is 19.8 Å². The Kier molecular flexibility index (Phi) is 10.2. The van der Waals surface area contributed by atoms with Crippen molar-refractivity contribution in [3.05, 3.63) is 59.7 Å². The predicted molar refractivity (Wildman–Crippen MR) is 122 cm³/mol. The van der Waals surface area contributed by atoms with E-state index < -0.39 is 0 Å². The summed E-state index contributed by atoms with van der Waals surface area (Å²) >= 11 is 0. The average Bonchev–Trinajstić information content (AvgIpc) is 2.79. The molecule has 2 atom stereocenters. The van der Waals surface area contributed by atoms with Crippen molar-refractivity contribution in [1.82, 2.24) is 10.6 Å². The summed E-state index contributed by atoms with van der Waals surface area (Å²) in [5.41, 5.74) is 1.05. The molecule has 0 bridgehead atoms. The third-order valence-electron chi connectivity index (χ3n) is 4.58. The van der Waals surface area contributed by atoms with Crippen molar-refractivity contribution >= 4 is 33.4 Å². The first-order valence-corrected chi connectivity index (χ1v) is 12.0. The van der Waals surface area contributed by atoms with Crippen LogP contribution in [0.2, 0.25) is 0 Å². The largest absolute Gasteiger partial charge is 0.394 e. The highest BCUT2D eigenvalue weighted by Crippen LogP contribution is 2.40. The minimum absolute atomic E-state index is 0.110. The lowest BCUT2D eigenvalue weighted by atomic mass is 10.2. The Balaban J connectivity index is 2.15. The van der Waals surface area contributed by atoms with Crippen LogP contribution in [0.3, 0.4) is 0 Å². The Bertz CT molecular complexity index is 770. The molecule has 162 valence electrons. The summed E-state index contributed by atoms with van der Waals surface area (Å²) < 4.78 is 0. The van der Waals surface area contributed by atoms with Gasteiger partial charge in [-0.15, -0.1) is 0 Å². The Morgan fingerprint density at radius 1 is 0.767 bits per heavy atom. The van der Waals surface area contributed by atoms with Gasteiger partial charge in [-0.3, -0.25) is 9.59 Å². The number of nitrogens with one attached hydrogen (secondary N) is 2. The second kappa shape index (κ2) is 12.6. The van der Waals surface area contributed by atoms with Crippen molar-refractivity contribution in [1.29, 1.82) is 0 Å². The highest BCUT2D eigenvalue weighted by atomic mass is 33.1. The molecule has 4 N–H and O–H groups in total. The molecule has 2 rings (SSSR count). The van der Waals surface area contributed by atoms with Crippen molar-refractivity contribution in [2.24, 2.45) is 0 Å². The SMILES string of the molecule is CCC(CO)NC(=O)c1ccccc1SSc1ccccc1C(=O)NC(CC)CO. The summed E-state index contributed by atoms with van der Waals surface area (Å²) in [5, 5.41) is 24.4. The molecule has 2 aromatic rings. The van der Waals surface area contributed by atoms with Gasteiger partial charge in [-0.25, -0.2) is 0 Å². The van der Waals surface area contributed by atoms with Gasteiger partial charge in [0.15, 0.2) is 0 Å². The molecule has 6 nitrogen and oxygen atoms in total. The summed E-state index contributed by atoms with van der Waals surface area (Å²) in [6.45, 7) is 3.59. The third-order valence-corrected chi connectivity index (χ3v) is 7.06. The summed E-state index contributed by atoms with van der Waals surface area (Å²) in [4.78, 5) is 26.8. The van der Waals surface area contributed by atoms with Crippen LogP contribution in [0.1, 0.15) is 47.4 Å². The second-order valence-electron chi connectivity index (χ2n) is 6.68. The van der Waals surface area contributed by atoms with Crippen LogP contribution in [0.15, 0.2) is 58.3 Å². The molecular formula is C22H28N2O4S2. The molecule has 2 aromatic carbocycles. The summed E-state index contributed by atoms with van der Waals surface area (Å²) in [7, 11) is 2.79. The monoisotopic (exact) mass is 448 g/mol. The van der Waals surface area contributed by atoms with Crippen LogP contribution in [-0.4, -0.2) is 47.3 Å². The number of carbonyl (C=O) groups excluding carboxylic acids is 2. The molecule has 0 saturated heterocycles. The maximum atomic E-state index is 12.6. The Hall–Kier alpha value is -2.00. The van der Waals surface area contributed by atoms with E-state index in [2.05, 4.69) is 10.6 Å². The maximum absolute atomic E-state index is 12.6. The van der Waals surface area contributed by atoms with Crippen molar-refractivity contribution in [2.45, 2.75) is 48.6 Å². The molecule has 30 heavy (non-hydrogen) atoms. The molecular weight excluding hydrogens is 420 g/mol. The number of carbonyl (C=O) groups is 2. The number of hydrogen-bond acceptors (Lipinski definition) is 6. The van der Waals surface area contributed by atoms with E-state index in [0.29, 0.717) is 24.0 Å². The zero-order chi connectivity index (χ0) is 21.9. The van der Waals surface area contributed by atoms with Crippen LogP contribution < -0.4 is 10.6 Å². The van der Waals surface area contributed by atoms with Gasteiger partial charge in [0.05, 0.1) is 36.4 Å². The highest BCUT2D eigenvalue weighted by Gasteiger charge is 2.18. The molecule has 2 unspecified atom stereocenters. The van der Waals surface area contributed by atoms with E-state index in [-0.39, 0.29) is 37.1 Å². The van der Waals surface area contributed by atoms with Gasteiger partial charge in [-0.2, -0.15) is 0 Å². The molecule has 8 heteroatoms. The fraction of sp³-hybridized carbons (Fsp3) is 0.364. The topological polar surface area (TPSA) is 98.7 Å². The molecule has 0 spiro atoms. The highest BCUT2D eigenvalue weighted by molar-refractivity contribution is 8.76. The average molecular weight is 449 g/mol. The van der Waals surface area contributed by atoms with Crippen molar-refractivity contribution < 1.29 is 19.8 Å². The lowest BCUT2D eigenvalue weighted by molar-refractivity contribution is 0.0904. The fourth-order valence-electron chi connectivity index (χ4n) is 2.62. The third kappa shape index (κ3) is 6.77. The first kappa shape index (κ1) is 24.3. The molecule has 0 aromatic heterocycles. The lowest BCUT2D eigenvalue weighted by Crippen LogP contribution is -2.37. The quantitative estimate of drug-likeness (QED) is 0.393. The Morgan fingerprint density at radius 3 is 1.47 bits per heavy atom. The van der Waals surface area contributed by atoms with Crippen LogP contribution >= 0.6 is 21.6 Å². The van der Waals surface area contributed by atoms with Crippen LogP contribution in [0.25, 0.3) is 0 Å². The lowest BCUT2D eigenvalue weighted by Gasteiger charge is -2.16. The van der Waals surface area contributed by atoms with Gasteiger partial charge in [0, 0.05) is 9.79 Å². The molecule has 0 aliphatic heterocycles. The van der Waals surface area contributed by atoms with Crippen LogP contribution in [0, 0.1) is 0 Å². The molecule has 0 fully saturated rings. The number of benzene rings is 2. The minimum atomic E-state index is -0.286. The number of amides is 2. The molecule has 2 amide bonds. The Labute approximate surface area is 185 Å². The second-order valence-corrected chi connectivity index (χ2v) is 8.89. The molecule has 0 heterocycles. The zero-order valence-corrected chi connectivity index (χ0v) is 18.8. The number of aliphatic hydroxyl groups excluding tert-OH is 2. The van der Waals surface area contributed by atoms with Gasteiger partial charge in [-0.1, -0.05) is 59.7 Å². The zero-order valence-electron chi connectivity index (χ0n) is 17.1. The standard InChI is InChI=1S/C22H28N2O4S2/c1-3-15(13-25)23-21(27)17-9-5-7-11-19(17)29-30-20-12-8-6-10-18(20)22(28)24-16(4-2)14-26/h5-12,15-16,25-26H,3-4,13-14H2,1-2H3,(H,23,27)(H,24,28). The fourth-order valence-corrected chi connectivity index (χ4v) is 4.98. The van der Waals surface area contributed by atoms with E-state index in [0.717, 1.165) is 9.79 Å². The van der Waals surface area contributed by atoms with Gasteiger partial charge in [0.25, 0.3) is 11.8 Å². The van der Waals surface area contributed by atoms with Crippen LogP contribution in [-0.2, 0) is 0 Å². The molecule has 0 radical (unpaired) electrons. The molecule has 0 aliphatic carbocycles. The number of rotatable bonds is 11. The molecule has 0 saturated carbocycles. The normalized spacial score (nSPS) is 12.8. The van der Waals surface area contributed by atoms with E-state index >= 15 is 0 Å². The van der Waals surface area contributed by atoms with Crippen LogP contribution in [0.5, 0.6) is 0 Å². The minimum Gasteiger partial charge on any atom is -0.394 e. The van der Waals surface area contributed by atoms with E-state index in [1.54, 1.807) is 24.3 Å². The first-order valence-electron chi connectivity index (χ1n) is 9.89. The maximum Gasteiger partial charge on any atom is 0.252 e. The van der Waals surface area contributed by atoms with Crippen molar-refractivity contribution in [3.8, 4) is 0 Å². The van der Waals surface area contributed by atoms with Gasteiger partial charge in [-0.05, 0) is 37.1 Å². The smallest absolute Gasteiger partial charge is 0.252 e. The predicted octanol–water partition coefficient (Wildman–Crippen LogP) is 3.49. The van der Waals surface area contributed by atoms with Crippen molar-refractivity contribution in [2.75, 3.05) is 13.2 Å². The molecule has 0 aliphatic rings. The number of aliphatic hydroxyl groups is 2. The van der Waals surface area contributed by atoms with Gasteiger partial charge in [0.1, 0.15) is 0 Å². The Morgan fingerprint density at radius 2 is 1.13 bits per heavy atom. The van der Waals surface area contributed by atoms with Crippen LogP contribution in [0.4, 0.5) is 0 Å². The van der Waals surface area contributed by atoms with Crippen molar-refractivity contribution in [3.63, 3.8) is 0 Å². The van der Waals surface area contributed by atoms with E-state index in [1.165, 1.54) is 21.6 Å². The first-order chi connectivity index (χ1) is 14.5. The summed E-state index contributed by atoms with van der Waals surface area (Å²) in [5.74, 6) is -0.473. The summed E-state index contributed by atoms with van der Waals surface area (Å²) in [6.07, 6.45) is 1.28. The van der Waals surface area contributed by atoms with Gasteiger partial charge >= 0.3 is 0 Å². The van der Waals surface area contributed by atoms with Gasteiger partial charge < -0.3 is 20.8 Å². The van der Waals surface area contributed by atoms with E-state index in [1.807, 2.05) is 38.1 Å². The van der Waals surface area contributed by atoms with Gasteiger partial charge in [0.2, 0.25) is 0 Å². The van der Waals surface area contributed by atoms with E-state index in [4.69, 9.17) is 0 Å².